The van der Waals surface area contributed by atoms with Gasteiger partial charge in [0, 0.05) is 31.2 Å². The third-order valence-electron chi connectivity index (χ3n) is 4.90. The summed E-state index contributed by atoms with van der Waals surface area (Å²) in [6.45, 7) is 1.37. The summed E-state index contributed by atoms with van der Waals surface area (Å²) in [5.41, 5.74) is 3.95. The quantitative estimate of drug-likeness (QED) is 0.718. The molecule has 1 aliphatic heterocycles. The van der Waals surface area contributed by atoms with Crippen molar-refractivity contribution >= 4 is 17.5 Å². The van der Waals surface area contributed by atoms with Gasteiger partial charge >= 0.3 is 0 Å². The number of ether oxygens (including phenoxy) is 1. The number of nitrogens with one attached hydrogen (secondary N) is 1. The minimum Gasteiger partial charge on any atom is -0.496 e. The van der Waals surface area contributed by atoms with Crippen molar-refractivity contribution in [3.63, 3.8) is 0 Å². The van der Waals surface area contributed by atoms with E-state index in [1.54, 1.807) is 19.5 Å². The molecule has 142 valence electrons. The van der Waals surface area contributed by atoms with Gasteiger partial charge in [0.15, 0.2) is 0 Å². The van der Waals surface area contributed by atoms with Crippen LogP contribution in [0.4, 0.5) is 11.6 Å². The van der Waals surface area contributed by atoms with Crippen LogP contribution in [0.25, 0.3) is 0 Å². The van der Waals surface area contributed by atoms with E-state index < -0.39 is 0 Å². The number of nitrogens with zero attached hydrogens (tertiary/aromatic N) is 3. The molecular weight excluding hydrogens is 352 g/mol. The number of hydrogen-bond acceptors (Lipinski definition) is 5. The van der Waals surface area contributed by atoms with E-state index in [1.807, 2.05) is 36.4 Å². The Morgan fingerprint density at radius 3 is 2.68 bits per heavy atom. The molecule has 0 spiro atoms. The lowest BCUT2D eigenvalue weighted by Gasteiger charge is -2.17. The zero-order valence-electron chi connectivity index (χ0n) is 15.8. The fourth-order valence-electron chi connectivity index (χ4n) is 3.45. The van der Waals surface area contributed by atoms with E-state index in [9.17, 15) is 4.79 Å². The maximum absolute atomic E-state index is 12.4. The molecule has 28 heavy (non-hydrogen) atoms. The van der Waals surface area contributed by atoms with Crippen LogP contribution in [-0.4, -0.2) is 36.1 Å². The third-order valence-corrected chi connectivity index (χ3v) is 4.90. The molecule has 1 aliphatic rings. The number of rotatable bonds is 6. The lowest BCUT2D eigenvalue weighted by atomic mass is 10.1. The monoisotopic (exact) mass is 374 g/mol. The maximum Gasteiger partial charge on any atom is 0.254 e. The van der Waals surface area contributed by atoms with Gasteiger partial charge in [-0.3, -0.25) is 4.79 Å². The van der Waals surface area contributed by atoms with Crippen LogP contribution in [0.15, 0.2) is 60.9 Å². The molecule has 1 N–H and O–H groups in total. The predicted molar refractivity (Wildman–Crippen MR) is 108 cm³/mol. The Morgan fingerprint density at radius 2 is 1.86 bits per heavy atom. The SMILES string of the molecule is COc1ccccc1CCNC(=O)c1cnc(N2CCc3ccccc32)nc1. The molecule has 3 aromatic rings. The van der Waals surface area contributed by atoms with Crippen LogP contribution in [0.3, 0.4) is 0 Å². The number of aromatic nitrogens is 2. The fraction of sp³-hybridized carbons (Fsp3) is 0.227. The van der Waals surface area contributed by atoms with Crippen molar-refractivity contribution in [1.29, 1.82) is 0 Å². The molecule has 2 aromatic carbocycles. The first-order chi connectivity index (χ1) is 13.8. The van der Waals surface area contributed by atoms with Gasteiger partial charge in [-0.1, -0.05) is 36.4 Å². The molecular formula is C22H22N4O2. The lowest BCUT2D eigenvalue weighted by Crippen LogP contribution is -2.26. The zero-order chi connectivity index (χ0) is 19.3. The summed E-state index contributed by atoms with van der Waals surface area (Å²) in [5.74, 6) is 1.27. The van der Waals surface area contributed by atoms with Gasteiger partial charge < -0.3 is 15.0 Å². The minimum absolute atomic E-state index is 0.178. The Hall–Kier alpha value is -3.41. The number of amides is 1. The summed E-state index contributed by atoms with van der Waals surface area (Å²) in [5, 5.41) is 2.92. The summed E-state index contributed by atoms with van der Waals surface area (Å²) < 4.78 is 5.34. The van der Waals surface area contributed by atoms with E-state index in [-0.39, 0.29) is 5.91 Å². The van der Waals surface area contributed by atoms with Crippen LogP contribution in [0.5, 0.6) is 5.75 Å². The largest absolute Gasteiger partial charge is 0.496 e. The van der Waals surface area contributed by atoms with Crippen molar-refractivity contribution < 1.29 is 9.53 Å². The first kappa shape index (κ1) is 18.0. The molecule has 1 aromatic heterocycles. The standard InChI is InChI=1S/C22H22N4O2/c1-28-20-9-5-3-7-17(20)10-12-23-21(27)18-14-24-22(25-15-18)26-13-11-16-6-2-4-8-19(16)26/h2-9,14-15H,10-13H2,1H3,(H,23,27). The normalized spacial score (nSPS) is 12.5. The van der Waals surface area contributed by atoms with Gasteiger partial charge in [-0.05, 0) is 36.1 Å². The van der Waals surface area contributed by atoms with Crippen molar-refractivity contribution in [1.82, 2.24) is 15.3 Å². The first-order valence-electron chi connectivity index (χ1n) is 9.34. The van der Waals surface area contributed by atoms with Gasteiger partial charge in [0.25, 0.3) is 5.91 Å². The molecule has 6 nitrogen and oxygen atoms in total. The molecule has 0 atom stereocenters. The van der Waals surface area contributed by atoms with Crippen molar-refractivity contribution in [2.45, 2.75) is 12.8 Å². The molecule has 1 amide bonds. The highest BCUT2D eigenvalue weighted by Gasteiger charge is 2.21. The Kier molecular flexibility index (Phi) is 5.19. The van der Waals surface area contributed by atoms with Crippen LogP contribution in [0.2, 0.25) is 0 Å². The number of carbonyl (C=O) groups excluding carboxylic acids is 1. The van der Waals surface area contributed by atoms with E-state index in [1.165, 1.54) is 5.56 Å². The lowest BCUT2D eigenvalue weighted by molar-refractivity contribution is 0.0953. The number of benzene rings is 2. The fourth-order valence-corrected chi connectivity index (χ4v) is 3.45. The number of hydrogen-bond donors (Lipinski definition) is 1. The van der Waals surface area contributed by atoms with Crippen LogP contribution in [0.1, 0.15) is 21.5 Å². The van der Waals surface area contributed by atoms with Gasteiger partial charge in [0.2, 0.25) is 5.95 Å². The number of methoxy groups -OCH3 is 1. The molecule has 6 heteroatoms. The van der Waals surface area contributed by atoms with Crippen molar-refractivity contribution in [2.75, 3.05) is 25.1 Å². The smallest absolute Gasteiger partial charge is 0.254 e. The van der Waals surface area contributed by atoms with E-state index >= 15 is 0 Å². The average molecular weight is 374 g/mol. The zero-order valence-corrected chi connectivity index (χ0v) is 15.8. The summed E-state index contributed by atoms with van der Waals surface area (Å²) in [6, 6.07) is 16.1. The molecule has 0 saturated carbocycles. The predicted octanol–water partition coefficient (Wildman–Crippen LogP) is 3.15. The molecule has 0 radical (unpaired) electrons. The summed E-state index contributed by atoms with van der Waals surface area (Å²) in [4.78, 5) is 23.3. The Balaban J connectivity index is 1.37. The highest BCUT2D eigenvalue weighted by atomic mass is 16.5. The van der Waals surface area contributed by atoms with Gasteiger partial charge in [-0.25, -0.2) is 9.97 Å². The van der Waals surface area contributed by atoms with Crippen LogP contribution < -0.4 is 15.0 Å². The second-order valence-corrected chi connectivity index (χ2v) is 6.62. The minimum atomic E-state index is -0.178. The van der Waals surface area contributed by atoms with E-state index in [0.717, 1.165) is 30.0 Å². The highest BCUT2D eigenvalue weighted by Crippen LogP contribution is 2.31. The maximum atomic E-state index is 12.4. The molecule has 0 bridgehead atoms. The summed E-state index contributed by atoms with van der Waals surface area (Å²) in [6.07, 6.45) is 4.84. The third kappa shape index (κ3) is 3.67. The summed E-state index contributed by atoms with van der Waals surface area (Å²) >= 11 is 0. The van der Waals surface area contributed by atoms with Crippen molar-refractivity contribution in [3.8, 4) is 5.75 Å². The van der Waals surface area contributed by atoms with E-state index in [0.29, 0.717) is 24.5 Å². The number of fused-ring (bicyclic) bond motifs is 1. The van der Waals surface area contributed by atoms with Gasteiger partial charge in [-0.2, -0.15) is 0 Å². The first-order valence-corrected chi connectivity index (χ1v) is 9.34. The molecule has 0 unspecified atom stereocenters. The average Bonchev–Trinajstić information content (AvgIpc) is 3.18. The van der Waals surface area contributed by atoms with Crippen LogP contribution in [0, 0.1) is 0 Å². The van der Waals surface area contributed by atoms with Gasteiger partial charge in [0.1, 0.15) is 5.75 Å². The Bertz CT molecular complexity index is 972. The number of para-hydroxylation sites is 2. The van der Waals surface area contributed by atoms with Crippen molar-refractivity contribution in [2.24, 2.45) is 0 Å². The molecule has 2 heterocycles. The van der Waals surface area contributed by atoms with Crippen LogP contribution in [-0.2, 0) is 12.8 Å². The highest BCUT2D eigenvalue weighted by molar-refractivity contribution is 5.93. The van der Waals surface area contributed by atoms with E-state index in [4.69, 9.17) is 4.74 Å². The van der Waals surface area contributed by atoms with Gasteiger partial charge in [0.05, 0.1) is 12.7 Å². The van der Waals surface area contributed by atoms with Crippen molar-refractivity contribution in [3.05, 3.63) is 77.6 Å². The second-order valence-electron chi connectivity index (χ2n) is 6.62. The Morgan fingerprint density at radius 1 is 1.11 bits per heavy atom. The van der Waals surface area contributed by atoms with E-state index in [2.05, 4.69) is 32.3 Å². The Labute approximate surface area is 164 Å². The molecule has 0 saturated heterocycles. The number of carbonyl (C=O) groups is 1. The van der Waals surface area contributed by atoms with Gasteiger partial charge in [-0.15, -0.1) is 0 Å². The molecule has 0 aliphatic carbocycles. The molecule has 0 fully saturated rings. The number of anilines is 2. The summed E-state index contributed by atoms with van der Waals surface area (Å²) in [7, 11) is 1.65. The van der Waals surface area contributed by atoms with Crippen LogP contribution >= 0.6 is 0 Å². The topological polar surface area (TPSA) is 67.3 Å². The second kappa shape index (κ2) is 8.08. The molecule has 4 rings (SSSR count).